The molecule has 0 spiro atoms. The summed E-state index contributed by atoms with van der Waals surface area (Å²) in [6, 6.07) is 28.4. The molecule has 3 fully saturated rings. The molecule has 0 amide bonds. The van der Waals surface area contributed by atoms with Gasteiger partial charge >= 0.3 is 0 Å². The molecule has 9 aliphatic heterocycles. The van der Waals surface area contributed by atoms with E-state index in [1.165, 1.54) is 11.1 Å². The van der Waals surface area contributed by atoms with E-state index in [1.54, 1.807) is 0 Å². The van der Waals surface area contributed by atoms with Gasteiger partial charge in [-0.05, 0) is 51.0 Å². The van der Waals surface area contributed by atoms with Gasteiger partial charge in [-0.1, -0.05) is 72.3 Å². The van der Waals surface area contributed by atoms with Gasteiger partial charge in [0.05, 0.1) is 53.4 Å². The Morgan fingerprint density at radius 3 is 1.43 bits per heavy atom. The van der Waals surface area contributed by atoms with E-state index in [4.69, 9.17) is 15.0 Å². The number of Topliss-reactive ketones (excluding diaryl/α,β-unsaturated/α-hetero) is 3. The molecule has 0 atom stereocenters. The van der Waals surface area contributed by atoms with Crippen molar-refractivity contribution in [3.05, 3.63) is 136 Å². The summed E-state index contributed by atoms with van der Waals surface area (Å²) >= 11 is 0. The monoisotopic (exact) mass is 920 g/mol. The van der Waals surface area contributed by atoms with E-state index in [1.807, 2.05) is 60.7 Å². The van der Waals surface area contributed by atoms with Crippen LogP contribution in [0.4, 0.5) is 17.1 Å². The first-order valence-corrected chi connectivity index (χ1v) is 24.1. The van der Waals surface area contributed by atoms with E-state index in [-0.39, 0.29) is 37.0 Å². The second-order valence-corrected chi connectivity index (χ2v) is 19.1. The third-order valence-electron chi connectivity index (χ3n) is 14.1. The van der Waals surface area contributed by atoms with E-state index in [0.717, 1.165) is 164 Å². The first-order chi connectivity index (χ1) is 33.6. The van der Waals surface area contributed by atoms with Crippen molar-refractivity contribution >= 4 is 69.4 Å². The fourth-order valence-corrected chi connectivity index (χ4v) is 10.4. The topological polar surface area (TPSA) is 145 Å². The van der Waals surface area contributed by atoms with Crippen molar-refractivity contribution in [2.45, 2.75) is 39.8 Å². The van der Waals surface area contributed by atoms with Gasteiger partial charge < -0.3 is 14.7 Å². The summed E-state index contributed by atoms with van der Waals surface area (Å²) < 4.78 is 0. The maximum absolute atomic E-state index is 12.2. The quantitative estimate of drug-likeness (QED) is 0.200. The normalized spacial score (nSPS) is 19.8. The summed E-state index contributed by atoms with van der Waals surface area (Å²) in [4.78, 5) is 78.2. The minimum Gasteiger partial charge on any atom is -0.312 e. The lowest BCUT2D eigenvalue weighted by atomic mass is 9.95. The first-order valence-electron chi connectivity index (χ1n) is 24.1. The smallest absolute Gasteiger partial charge is 0.185 e. The molecule has 15 heteroatoms. The van der Waals surface area contributed by atoms with Crippen LogP contribution in [0.2, 0.25) is 0 Å². The second kappa shape index (κ2) is 18.4. The molecule has 4 aromatic carbocycles. The molecule has 9 heterocycles. The van der Waals surface area contributed by atoms with Crippen LogP contribution in [0.25, 0.3) is 0 Å². The zero-order valence-electron chi connectivity index (χ0n) is 39.6. The van der Waals surface area contributed by atoms with E-state index in [2.05, 4.69) is 96.0 Å². The number of ketones is 3. The highest BCUT2D eigenvalue weighted by Crippen LogP contribution is 2.36. The maximum Gasteiger partial charge on any atom is 0.185 e. The van der Waals surface area contributed by atoms with Crippen LogP contribution < -0.4 is 0 Å². The molecule has 0 saturated carbocycles. The Hall–Kier alpha value is -7.07. The van der Waals surface area contributed by atoms with Crippen LogP contribution in [-0.4, -0.2) is 173 Å². The SMILES string of the molecule is C=C(C)CCN1CCN2C(=Nc3cccc4c3C2=NCC4=O)C1.CC(C)N1CCN2C(=Nc3cccc4c3C2=NCC4=O)C1.O=C1CN=C2c3c(cccc31)N=C1CN(Cc3ccccc3)CCN12. The van der Waals surface area contributed by atoms with E-state index in [0.29, 0.717) is 6.04 Å². The van der Waals surface area contributed by atoms with Gasteiger partial charge in [0, 0.05) is 75.1 Å². The third-order valence-corrected chi connectivity index (χ3v) is 14.1. The predicted octanol–water partition coefficient (Wildman–Crippen LogP) is 6.45. The summed E-state index contributed by atoms with van der Waals surface area (Å²) in [7, 11) is 0. The number of carbonyl (C=O) groups excluding carboxylic acids is 3. The maximum atomic E-state index is 12.2. The van der Waals surface area contributed by atoms with Gasteiger partial charge in [0.1, 0.15) is 54.6 Å². The minimum atomic E-state index is 0.0852. The molecule has 0 unspecified atom stereocenters. The number of rotatable bonds is 6. The summed E-state index contributed by atoms with van der Waals surface area (Å²) in [6.07, 6.45) is 1.02. The van der Waals surface area contributed by atoms with Crippen molar-refractivity contribution in [2.75, 3.05) is 85.1 Å². The number of hydrogen-bond donors (Lipinski definition) is 0. The molecule has 0 aromatic heterocycles. The van der Waals surface area contributed by atoms with Gasteiger partial charge in [0.25, 0.3) is 0 Å². The zero-order valence-corrected chi connectivity index (χ0v) is 39.6. The van der Waals surface area contributed by atoms with Gasteiger partial charge in [-0.25, -0.2) is 15.0 Å². The number of hydrogen-bond acceptors (Lipinski definition) is 15. The van der Waals surface area contributed by atoms with E-state index >= 15 is 0 Å². The molecule has 3 saturated heterocycles. The highest BCUT2D eigenvalue weighted by Gasteiger charge is 2.39. The Morgan fingerprint density at radius 2 is 0.971 bits per heavy atom. The molecular formula is C54H56N12O3. The van der Waals surface area contributed by atoms with Crippen LogP contribution in [0, 0.1) is 0 Å². The molecule has 0 aliphatic carbocycles. The number of aliphatic imine (C=N–C) groups is 6. The Balaban J connectivity index is 0.000000114. The van der Waals surface area contributed by atoms with Crippen molar-refractivity contribution in [3.8, 4) is 0 Å². The van der Waals surface area contributed by atoms with Crippen molar-refractivity contribution in [2.24, 2.45) is 30.0 Å². The van der Waals surface area contributed by atoms with Gasteiger partial charge in [-0.3, -0.25) is 44.1 Å². The van der Waals surface area contributed by atoms with E-state index < -0.39 is 0 Å². The van der Waals surface area contributed by atoms with Crippen molar-refractivity contribution < 1.29 is 14.4 Å². The number of fused-ring (bicyclic) bond motifs is 6. The number of nitrogens with zero attached hydrogens (tertiary/aromatic N) is 12. The molecule has 69 heavy (non-hydrogen) atoms. The van der Waals surface area contributed by atoms with Gasteiger partial charge in [-0.2, -0.15) is 0 Å². The third kappa shape index (κ3) is 8.48. The molecule has 13 rings (SSSR count). The van der Waals surface area contributed by atoms with Crippen LogP contribution in [0.5, 0.6) is 0 Å². The summed E-state index contributed by atoms with van der Waals surface area (Å²) in [5.74, 6) is 6.17. The van der Waals surface area contributed by atoms with Crippen LogP contribution in [0.3, 0.4) is 0 Å². The highest BCUT2D eigenvalue weighted by atomic mass is 16.1. The van der Waals surface area contributed by atoms with Gasteiger partial charge in [0.2, 0.25) is 0 Å². The molecule has 0 bridgehead atoms. The predicted molar refractivity (Wildman–Crippen MR) is 272 cm³/mol. The molecular weight excluding hydrogens is 865 g/mol. The largest absolute Gasteiger partial charge is 0.312 e. The Labute approximate surface area is 402 Å². The van der Waals surface area contributed by atoms with Crippen LogP contribution in [-0.2, 0) is 6.54 Å². The van der Waals surface area contributed by atoms with Gasteiger partial charge in [-0.15, -0.1) is 6.58 Å². The average Bonchev–Trinajstić information content (AvgIpc) is 3.36. The summed E-state index contributed by atoms with van der Waals surface area (Å²) in [5, 5.41) is 0. The van der Waals surface area contributed by atoms with Crippen LogP contribution in [0.15, 0.2) is 127 Å². The fraction of sp³-hybridized carbons (Fsp3) is 0.352. The number of benzene rings is 4. The minimum absolute atomic E-state index is 0.0852. The van der Waals surface area contributed by atoms with Crippen molar-refractivity contribution in [1.29, 1.82) is 0 Å². The number of amidine groups is 6. The summed E-state index contributed by atoms with van der Waals surface area (Å²) in [6.45, 7) is 21.2. The number of carbonyl (C=O) groups is 3. The average molecular weight is 921 g/mol. The molecule has 0 radical (unpaired) electrons. The molecule has 4 aromatic rings. The molecule has 9 aliphatic rings. The lowest BCUT2D eigenvalue weighted by Crippen LogP contribution is -2.56. The highest BCUT2D eigenvalue weighted by molar-refractivity contribution is 6.25. The van der Waals surface area contributed by atoms with E-state index in [9.17, 15) is 14.4 Å². The van der Waals surface area contributed by atoms with Crippen molar-refractivity contribution in [3.63, 3.8) is 0 Å². The molecule has 0 N–H and O–H groups in total. The molecule has 350 valence electrons. The van der Waals surface area contributed by atoms with Crippen molar-refractivity contribution in [1.82, 2.24) is 29.4 Å². The van der Waals surface area contributed by atoms with Crippen LogP contribution in [0.1, 0.15) is 80.5 Å². The Morgan fingerprint density at radius 1 is 0.536 bits per heavy atom. The lowest BCUT2D eigenvalue weighted by molar-refractivity contribution is 0.0991. The van der Waals surface area contributed by atoms with Gasteiger partial charge in [0.15, 0.2) is 17.3 Å². The second-order valence-electron chi connectivity index (χ2n) is 19.1. The zero-order chi connectivity index (χ0) is 47.3. The summed E-state index contributed by atoms with van der Waals surface area (Å²) in [5.41, 5.74) is 10.2. The standard InChI is InChI=1S/C20H18N4O.C18H20N4O.C16H18N4O/c25-17-11-21-20-19-15(17)7-4-8-16(19)22-18-13-23(9-10-24(18)20)12-14-5-2-1-3-6-14;1-12(2)6-7-21-8-9-22-16(11-21)20-14-5-3-4-13-15(23)10-19-18(22)17(13)14;1-10(2)19-6-7-20-14(9-19)18-12-5-3-4-11-13(21)8-17-16(20)15(11)12/h1-8H,9-13H2;3-5H,1,6-11H2,2H3;3-5,10H,6-9H2,1-2H3. The Kier molecular flexibility index (Phi) is 11.9. The number of piperazine rings is 3. The Bertz CT molecular complexity index is 3000. The molecule has 15 nitrogen and oxygen atoms in total. The van der Waals surface area contributed by atoms with Crippen LogP contribution >= 0.6 is 0 Å². The fourth-order valence-electron chi connectivity index (χ4n) is 10.4. The first kappa shape index (κ1) is 44.4. The lowest BCUT2D eigenvalue weighted by Gasteiger charge is -2.42.